The molecule has 0 atom stereocenters. The minimum Gasteiger partial charge on any atom is -0.370 e. The molecular formula is C15H27N5S. The fourth-order valence-corrected chi connectivity index (χ4v) is 3.17. The summed E-state index contributed by atoms with van der Waals surface area (Å²) in [5, 5.41) is 5.29. The highest BCUT2D eigenvalue weighted by atomic mass is 32.1. The summed E-state index contributed by atoms with van der Waals surface area (Å²) in [5.74, 6) is 0.568. The molecule has 1 aromatic heterocycles. The van der Waals surface area contributed by atoms with Gasteiger partial charge in [0.25, 0.3) is 0 Å². The second-order valence-corrected chi connectivity index (χ2v) is 6.55. The van der Waals surface area contributed by atoms with Crippen molar-refractivity contribution in [2.45, 2.75) is 12.8 Å². The molecule has 6 heteroatoms. The Labute approximate surface area is 131 Å². The smallest absolute Gasteiger partial charge is 0.188 e. The molecule has 0 bridgehead atoms. The fourth-order valence-electron chi connectivity index (χ4n) is 2.46. The van der Waals surface area contributed by atoms with E-state index in [0.717, 1.165) is 39.1 Å². The van der Waals surface area contributed by atoms with E-state index in [1.807, 2.05) is 0 Å². The molecule has 0 saturated carbocycles. The van der Waals surface area contributed by atoms with Crippen LogP contribution in [0.15, 0.2) is 22.5 Å². The van der Waals surface area contributed by atoms with Crippen LogP contribution in [0.2, 0.25) is 0 Å². The van der Waals surface area contributed by atoms with Gasteiger partial charge in [-0.05, 0) is 44.4 Å². The summed E-state index contributed by atoms with van der Waals surface area (Å²) < 4.78 is 0. The Hall–Kier alpha value is -1.11. The standard InChI is InChI=1S/C15H27N5S/c1-19-8-3-9-20(12-11-19)10-7-18-15(16)17-6-5-14-4-2-13-21-14/h2,4,13H,3,5-12H2,1H3,(H3,16,17,18). The number of nitrogens with one attached hydrogen (secondary N) is 1. The molecule has 0 spiro atoms. The molecule has 21 heavy (non-hydrogen) atoms. The maximum atomic E-state index is 5.90. The third kappa shape index (κ3) is 6.46. The summed E-state index contributed by atoms with van der Waals surface area (Å²) >= 11 is 1.78. The molecule has 1 fully saturated rings. The summed E-state index contributed by atoms with van der Waals surface area (Å²) in [7, 11) is 2.19. The lowest BCUT2D eigenvalue weighted by atomic mass is 10.3. The minimum absolute atomic E-state index is 0.568. The van der Waals surface area contributed by atoms with Crippen LogP contribution in [0.25, 0.3) is 0 Å². The van der Waals surface area contributed by atoms with Gasteiger partial charge in [-0.1, -0.05) is 6.07 Å². The van der Waals surface area contributed by atoms with Gasteiger partial charge in [0.1, 0.15) is 0 Å². The number of hydrogen-bond acceptors (Lipinski definition) is 4. The van der Waals surface area contributed by atoms with Crippen molar-refractivity contribution in [3.63, 3.8) is 0 Å². The SMILES string of the molecule is CN1CCCN(CCN=C(N)NCCc2cccs2)CC1. The van der Waals surface area contributed by atoms with Crippen molar-refractivity contribution in [2.75, 3.05) is 52.9 Å². The highest BCUT2D eigenvalue weighted by Gasteiger charge is 2.10. The predicted molar refractivity (Wildman–Crippen MR) is 91.1 cm³/mol. The number of guanidine groups is 1. The lowest BCUT2D eigenvalue weighted by Gasteiger charge is -2.18. The first-order valence-electron chi connectivity index (χ1n) is 7.71. The molecule has 1 aliphatic heterocycles. The molecule has 5 nitrogen and oxygen atoms in total. The van der Waals surface area contributed by atoms with Gasteiger partial charge in [0.2, 0.25) is 0 Å². The third-order valence-electron chi connectivity index (χ3n) is 3.77. The molecule has 0 aromatic carbocycles. The molecule has 0 aliphatic carbocycles. The third-order valence-corrected chi connectivity index (χ3v) is 4.70. The average molecular weight is 309 g/mol. The molecule has 118 valence electrons. The highest BCUT2D eigenvalue weighted by molar-refractivity contribution is 7.09. The highest BCUT2D eigenvalue weighted by Crippen LogP contribution is 2.07. The predicted octanol–water partition coefficient (Wildman–Crippen LogP) is 0.832. The van der Waals surface area contributed by atoms with Crippen molar-refractivity contribution < 1.29 is 0 Å². The monoisotopic (exact) mass is 309 g/mol. The number of nitrogens with two attached hydrogens (primary N) is 1. The Kier molecular flexibility index (Phi) is 6.99. The van der Waals surface area contributed by atoms with Gasteiger partial charge < -0.3 is 20.9 Å². The number of nitrogens with zero attached hydrogens (tertiary/aromatic N) is 3. The zero-order valence-electron chi connectivity index (χ0n) is 12.9. The van der Waals surface area contributed by atoms with E-state index in [4.69, 9.17) is 5.73 Å². The van der Waals surface area contributed by atoms with E-state index in [2.05, 4.69) is 44.7 Å². The quantitative estimate of drug-likeness (QED) is 0.604. The zero-order chi connectivity index (χ0) is 14.9. The van der Waals surface area contributed by atoms with Gasteiger partial charge in [-0.25, -0.2) is 0 Å². The van der Waals surface area contributed by atoms with E-state index in [1.165, 1.54) is 24.4 Å². The van der Waals surface area contributed by atoms with Gasteiger partial charge in [-0.3, -0.25) is 4.99 Å². The van der Waals surface area contributed by atoms with Gasteiger partial charge in [-0.2, -0.15) is 0 Å². The number of hydrogen-bond donors (Lipinski definition) is 2. The maximum absolute atomic E-state index is 5.90. The molecule has 1 saturated heterocycles. The number of thiophene rings is 1. The molecule has 0 radical (unpaired) electrons. The first-order valence-corrected chi connectivity index (χ1v) is 8.59. The Morgan fingerprint density at radius 3 is 3.10 bits per heavy atom. The van der Waals surface area contributed by atoms with Crippen molar-refractivity contribution in [3.8, 4) is 0 Å². The topological polar surface area (TPSA) is 56.9 Å². The molecule has 0 unspecified atom stereocenters. The summed E-state index contributed by atoms with van der Waals surface area (Å²) in [6.07, 6.45) is 2.25. The average Bonchev–Trinajstić information content (AvgIpc) is 2.89. The fraction of sp³-hybridized carbons (Fsp3) is 0.667. The van der Waals surface area contributed by atoms with Gasteiger partial charge in [0.15, 0.2) is 5.96 Å². The van der Waals surface area contributed by atoms with E-state index >= 15 is 0 Å². The van der Waals surface area contributed by atoms with E-state index in [-0.39, 0.29) is 0 Å². The van der Waals surface area contributed by atoms with E-state index in [9.17, 15) is 0 Å². The zero-order valence-corrected chi connectivity index (χ0v) is 13.7. The maximum Gasteiger partial charge on any atom is 0.188 e. The lowest BCUT2D eigenvalue weighted by Crippen LogP contribution is -2.35. The molecule has 2 heterocycles. The Balaban J connectivity index is 1.59. The molecule has 0 amide bonds. The van der Waals surface area contributed by atoms with Crippen molar-refractivity contribution >= 4 is 17.3 Å². The largest absolute Gasteiger partial charge is 0.370 e. The summed E-state index contributed by atoms with van der Waals surface area (Å²) in [5.41, 5.74) is 5.90. The van der Waals surface area contributed by atoms with Crippen LogP contribution < -0.4 is 11.1 Å². The molecule has 1 aromatic rings. The van der Waals surface area contributed by atoms with Crippen LogP contribution in [0, 0.1) is 0 Å². The first-order chi connectivity index (χ1) is 10.2. The summed E-state index contributed by atoms with van der Waals surface area (Å²) in [6, 6.07) is 4.23. The van der Waals surface area contributed by atoms with Crippen LogP contribution in [0.5, 0.6) is 0 Å². The van der Waals surface area contributed by atoms with Crippen molar-refractivity contribution in [2.24, 2.45) is 10.7 Å². The molecule has 3 N–H and O–H groups in total. The van der Waals surface area contributed by atoms with E-state index < -0.39 is 0 Å². The second-order valence-electron chi connectivity index (χ2n) is 5.52. The van der Waals surface area contributed by atoms with Crippen molar-refractivity contribution in [3.05, 3.63) is 22.4 Å². The Bertz CT molecular complexity index is 418. The molecule has 2 rings (SSSR count). The van der Waals surface area contributed by atoms with Crippen LogP contribution in [0.3, 0.4) is 0 Å². The summed E-state index contributed by atoms with van der Waals surface area (Å²) in [4.78, 5) is 10.7. The minimum atomic E-state index is 0.568. The van der Waals surface area contributed by atoms with Crippen LogP contribution >= 0.6 is 11.3 Å². The number of likely N-dealkylation sites (N-methyl/N-ethyl adjacent to an activating group) is 1. The van der Waals surface area contributed by atoms with Crippen LogP contribution in [0.4, 0.5) is 0 Å². The van der Waals surface area contributed by atoms with Gasteiger partial charge in [0, 0.05) is 31.1 Å². The van der Waals surface area contributed by atoms with Crippen molar-refractivity contribution in [1.82, 2.24) is 15.1 Å². The van der Waals surface area contributed by atoms with Crippen LogP contribution in [0.1, 0.15) is 11.3 Å². The Morgan fingerprint density at radius 2 is 2.29 bits per heavy atom. The lowest BCUT2D eigenvalue weighted by molar-refractivity contribution is 0.283. The summed E-state index contributed by atoms with van der Waals surface area (Å²) in [6.45, 7) is 7.29. The van der Waals surface area contributed by atoms with E-state index in [0.29, 0.717) is 5.96 Å². The normalized spacial score (nSPS) is 18.6. The second kappa shape index (κ2) is 9.02. The van der Waals surface area contributed by atoms with Crippen molar-refractivity contribution in [1.29, 1.82) is 0 Å². The van der Waals surface area contributed by atoms with E-state index in [1.54, 1.807) is 11.3 Å². The first kappa shape index (κ1) is 16.3. The van der Waals surface area contributed by atoms with Gasteiger partial charge >= 0.3 is 0 Å². The van der Waals surface area contributed by atoms with Crippen LogP contribution in [-0.2, 0) is 6.42 Å². The number of rotatable bonds is 6. The van der Waals surface area contributed by atoms with Crippen LogP contribution in [-0.4, -0.2) is 68.6 Å². The van der Waals surface area contributed by atoms with Gasteiger partial charge in [0.05, 0.1) is 6.54 Å². The molecule has 1 aliphatic rings. The number of aliphatic imine (C=N–C) groups is 1. The molecular weight excluding hydrogens is 282 g/mol. The Morgan fingerprint density at radius 1 is 1.38 bits per heavy atom. The van der Waals surface area contributed by atoms with Gasteiger partial charge in [-0.15, -0.1) is 11.3 Å².